The van der Waals surface area contributed by atoms with Crippen LogP contribution in [0.5, 0.6) is 0 Å². The van der Waals surface area contributed by atoms with Gasteiger partial charge in [-0.25, -0.2) is 0 Å². The minimum Gasteiger partial charge on any atom is -0.382 e. The van der Waals surface area contributed by atoms with Crippen LogP contribution >= 0.6 is 11.6 Å². The molecule has 1 aromatic heterocycles. The predicted molar refractivity (Wildman–Crippen MR) is 76.6 cm³/mol. The second-order valence-electron chi connectivity index (χ2n) is 4.76. The van der Waals surface area contributed by atoms with E-state index in [0.717, 1.165) is 6.07 Å². The number of aliphatic hydroxyl groups excluding tert-OH is 1. The number of nitrogens with zero attached hydrogens (tertiary/aromatic N) is 1. The van der Waals surface area contributed by atoms with Gasteiger partial charge < -0.3 is 5.11 Å². The van der Waals surface area contributed by atoms with Gasteiger partial charge in [0.1, 0.15) is 6.10 Å². The Kier molecular flexibility index (Phi) is 3.58. The molecule has 0 aliphatic heterocycles. The van der Waals surface area contributed by atoms with E-state index in [1.165, 1.54) is 12.1 Å². The molecule has 0 bridgehead atoms. The molecule has 0 saturated heterocycles. The first kappa shape index (κ1) is 14.9. The van der Waals surface area contributed by atoms with Crippen LogP contribution in [0.4, 0.5) is 13.2 Å². The molecule has 3 aromatic rings. The lowest BCUT2D eigenvalue weighted by atomic mass is 9.98. The fraction of sp³-hybridized carbons (Fsp3) is 0.133. The number of nitrogens with one attached hydrogen (secondary N) is 1. The lowest BCUT2D eigenvalue weighted by Gasteiger charge is -2.18. The summed E-state index contributed by atoms with van der Waals surface area (Å²) >= 11 is 5.90. The van der Waals surface area contributed by atoms with Gasteiger partial charge in [-0.15, -0.1) is 0 Å². The highest BCUT2D eigenvalue weighted by Crippen LogP contribution is 2.40. The normalized spacial score (nSPS) is 13.5. The molecule has 0 aliphatic rings. The second kappa shape index (κ2) is 5.30. The fourth-order valence-electron chi connectivity index (χ4n) is 2.39. The van der Waals surface area contributed by atoms with Crippen molar-refractivity contribution in [3.8, 4) is 0 Å². The van der Waals surface area contributed by atoms with Gasteiger partial charge in [0.25, 0.3) is 0 Å². The number of alkyl halides is 3. The van der Waals surface area contributed by atoms with Gasteiger partial charge in [0.15, 0.2) is 0 Å². The largest absolute Gasteiger partial charge is 0.416 e. The van der Waals surface area contributed by atoms with Gasteiger partial charge in [-0.05, 0) is 18.2 Å². The van der Waals surface area contributed by atoms with Crippen molar-refractivity contribution in [2.24, 2.45) is 0 Å². The quantitative estimate of drug-likeness (QED) is 0.737. The zero-order valence-corrected chi connectivity index (χ0v) is 11.8. The van der Waals surface area contributed by atoms with Gasteiger partial charge in [-0.2, -0.15) is 18.3 Å². The van der Waals surface area contributed by atoms with E-state index in [2.05, 4.69) is 10.2 Å². The summed E-state index contributed by atoms with van der Waals surface area (Å²) in [5.41, 5.74) is -0.622. The van der Waals surface area contributed by atoms with E-state index in [0.29, 0.717) is 10.9 Å². The first-order valence-corrected chi connectivity index (χ1v) is 6.74. The van der Waals surface area contributed by atoms with Crippen LogP contribution in [0.3, 0.4) is 0 Å². The van der Waals surface area contributed by atoms with E-state index in [4.69, 9.17) is 11.6 Å². The molecular formula is C15H10ClF3N2O. The van der Waals surface area contributed by atoms with E-state index in [-0.39, 0.29) is 16.3 Å². The molecule has 1 atom stereocenters. The smallest absolute Gasteiger partial charge is 0.382 e. The molecule has 0 saturated carbocycles. The van der Waals surface area contributed by atoms with Crippen molar-refractivity contribution in [2.75, 3.05) is 0 Å². The van der Waals surface area contributed by atoms with Crippen LogP contribution in [0.15, 0.2) is 42.5 Å². The van der Waals surface area contributed by atoms with Gasteiger partial charge in [0, 0.05) is 16.0 Å². The number of aromatic amines is 1. The molecule has 0 amide bonds. The summed E-state index contributed by atoms with van der Waals surface area (Å²) < 4.78 is 39.4. The summed E-state index contributed by atoms with van der Waals surface area (Å²) in [6.07, 6.45) is -6.17. The van der Waals surface area contributed by atoms with Crippen LogP contribution in [0.25, 0.3) is 10.9 Å². The Balaban J connectivity index is 2.19. The van der Waals surface area contributed by atoms with Gasteiger partial charge in [-0.3, -0.25) is 5.10 Å². The first-order chi connectivity index (χ1) is 10.4. The third-order valence-electron chi connectivity index (χ3n) is 3.40. The zero-order valence-electron chi connectivity index (χ0n) is 11.0. The number of aromatic nitrogens is 2. The van der Waals surface area contributed by atoms with Gasteiger partial charge in [-0.1, -0.05) is 35.9 Å². The average Bonchev–Trinajstić information content (AvgIpc) is 2.89. The van der Waals surface area contributed by atoms with Crippen molar-refractivity contribution in [3.05, 3.63) is 64.3 Å². The van der Waals surface area contributed by atoms with Crippen molar-refractivity contribution >= 4 is 22.5 Å². The average molecular weight is 327 g/mol. The lowest BCUT2D eigenvalue weighted by molar-refractivity contribution is -0.139. The molecule has 0 aliphatic carbocycles. The van der Waals surface area contributed by atoms with E-state index < -0.39 is 17.8 Å². The van der Waals surface area contributed by atoms with Crippen LogP contribution in [0.1, 0.15) is 22.9 Å². The van der Waals surface area contributed by atoms with Crippen molar-refractivity contribution in [2.45, 2.75) is 12.3 Å². The van der Waals surface area contributed by atoms with Crippen molar-refractivity contribution < 1.29 is 18.3 Å². The SMILES string of the molecule is OC(c1c(Cl)cccc1C(F)(F)F)c1[nH]nc2ccccc12. The molecule has 0 radical (unpaired) electrons. The molecule has 0 fully saturated rings. The lowest BCUT2D eigenvalue weighted by Crippen LogP contribution is -2.13. The molecule has 1 unspecified atom stereocenters. The van der Waals surface area contributed by atoms with Gasteiger partial charge in [0.2, 0.25) is 0 Å². The Morgan fingerprint density at radius 2 is 1.82 bits per heavy atom. The Morgan fingerprint density at radius 3 is 2.55 bits per heavy atom. The number of rotatable bonds is 2. The highest BCUT2D eigenvalue weighted by Gasteiger charge is 2.37. The molecular weight excluding hydrogens is 317 g/mol. The minimum atomic E-state index is -4.61. The highest BCUT2D eigenvalue weighted by atomic mass is 35.5. The summed E-state index contributed by atoms with van der Waals surface area (Å²) in [6.45, 7) is 0. The number of hydrogen-bond acceptors (Lipinski definition) is 2. The fourth-order valence-corrected chi connectivity index (χ4v) is 2.67. The molecule has 2 aromatic carbocycles. The maximum absolute atomic E-state index is 13.1. The first-order valence-electron chi connectivity index (χ1n) is 6.36. The van der Waals surface area contributed by atoms with Crippen LogP contribution in [-0.2, 0) is 6.18 Å². The molecule has 3 rings (SSSR count). The summed E-state index contributed by atoms with van der Waals surface area (Å²) in [7, 11) is 0. The molecule has 7 heteroatoms. The number of halogens is 4. The maximum Gasteiger partial charge on any atom is 0.416 e. The maximum atomic E-state index is 13.1. The standard InChI is InChI=1S/C15H10ClF3N2O/c16-10-6-3-5-9(15(17,18)19)12(10)14(22)13-8-4-1-2-7-11(8)20-21-13/h1-7,14,22H,(H,20,21). The Labute approximate surface area is 128 Å². The molecule has 114 valence electrons. The predicted octanol–water partition coefficient (Wildman–Crippen LogP) is 4.32. The molecule has 22 heavy (non-hydrogen) atoms. The molecule has 0 spiro atoms. The van der Waals surface area contributed by atoms with E-state index >= 15 is 0 Å². The molecule has 2 N–H and O–H groups in total. The van der Waals surface area contributed by atoms with Gasteiger partial charge >= 0.3 is 6.18 Å². The molecule has 3 nitrogen and oxygen atoms in total. The zero-order chi connectivity index (χ0) is 15.9. The third kappa shape index (κ3) is 2.44. The summed E-state index contributed by atoms with van der Waals surface area (Å²) in [6, 6.07) is 10.2. The number of para-hydroxylation sites is 1. The van der Waals surface area contributed by atoms with Crippen molar-refractivity contribution in [1.29, 1.82) is 0 Å². The Bertz CT molecular complexity index is 829. The number of fused-ring (bicyclic) bond motifs is 1. The molecule has 1 heterocycles. The third-order valence-corrected chi connectivity index (χ3v) is 3.73. The number of benzene rings is 2. The summed E-state index contributed by atoms with van der Waals surface area (Å²) in [5, 5.41) is 17.4. The van der Waals surface area contributed by atoms with E-state index in [9.17, 15) is 18.3 Å². The topological polar surface area (TPSA) is 48.9 Å². The monoisotopic (exact) mass is 326 g/mol. The summed E-state index contributed by atoms with van der Waals surface area (Å²) in [4.78, 5) is 0. The number of hydrogen-bond donors (Lipinski definition) is 2. The highest BCUT2D eigenvalue weighted by molar-refractivity contribution is 6.31. The van der Waals surface area contributed by atoms with Crippen molar-refractivity contribution in [1.82, 2.24) is 10.2 Å². The minimum absolute atomic E-state index is 0.152. The van der Waals surface area contributed by atoms with E-state index in [1.807, 2.05) is 0 Å². The second-order valence-corrected chi connectivity index (χ2v) is 5.16. The van der Waals surface area contributed by atoms with Crippen LogP contribution < -0.4 is 0 Å². The van der Waals surface area contributed by atoms with Crippen LogP contribution in [0, 0.1) is 0 Å². The van der Waals surface area contributed by atoms with Gasteiger partial charge in [0.05, 0.1) is 16.8 Å². The Hall–Kier alpha value is -2.05. The van der Waals surface area contributed by atoms with E-state index in [1.54, 1.807) is 24.3 Å². The Morgan fingerprint density at radius 1 is 1.09 bits per heavy atom. The van der Waals surface area contributed by atoms with Crippen LogP contribution in [-0.4, -0.2) is 15.3 Å². The number of aliphatic hydroxyl groups is 1. The van der Waals surface area contributed by atoms with Crippen molar-refractivity contribution in [3.63, 3.8) is 0 Å². The number of H-pyrrole nitrogens is 1. The summed E-state index contributed by atoms with van der Waals surface area (Å²) in [5.74, 6) is 0. The van der Waals surface area contributed by atoms with Crippen LogP contribution in [0.2, 0.25) is 5.02 Å².